The Morgan fingerprint density at radius 3 is 2.45 bits per heavy atom. The highest BCUT2D eigenvalue weighted by atomic mass is 32.2. The molecule has 5 nitrogen and oxygen atoms in total. The first kappa shape index (κ1) is 22.0. The van der Waals surface area contributed by atoms with E-state index < -0.39 is 10.0 Å². The van der Waals surface area contributed by atoms with Crippen molar-refractivity contribution in [2.45, 2.75) is 49.7 Å². The van der Waals surface area contributed by atoms with Gasteiger partial charge in [-0.15, -0.1) is 11.3 Å². The molecule has 158 valence electrons. The summed E-state index contributed by atoms with van der Waals surface area (Å²) in [5, 5.41) is 4.80. The molecule has 2 aromatic rings. The summed E-state index contributed by atoms with van der Waals surface area (Å²) in [4.78, 5) is 12.4. The van der Waals surface area contributed by atoms with Crippen LogP contribution >= 0.6 is 11.3 Å². The average Bonchev–Trinajstić information content (AvgIpc) is 3.27. The Balaban J connectivity index is 1.39. The van der Waals surface area contributed by atoms with Crippen LogP contribution in [0.15, 0.2) is 46.0 Å². The molecule has 1 fully saturated rings. The van der Waals surface area contributed by atoms with Gasteiger partial charge in [0.2, 0.25) is 5.91 Å². The molecular formula is C22H30N2O3S2. The van der Waals surface area contributed by atoms with E-state index in [-0.39, 0.29) is 11.8 Å². The van der Waals surface area contributed by atoms with Gasteiger partial charge in [-0.25, -0.2) is 8.42 Å². The van der Waals surface area contributed by atoms with Gasteiger partial charge < -0.3 is 5.32 Å². The van der Waals surface area contributed by atoms with E-state index in [0.717, 1.165) is 12.8 Å². The van der Waals surface area contributed by atoms with E-state index in [1.54, 1.807) is 17.5 Å². The maximum atomic E-state index is 12.6. The van der Waals surface area contributed by atoms with Crippen molar-refractivity contribution < 1.29 is 13.2 Å². The Labute approximate surface area is 178 Å². The van der Waals surface area contributed by atoms with Crippen molar-refractivity contribution in [1.29, 1.82) is 0 Å². The van der Waals surface area contributed by atoms with E-state index >= 15 is 0 Å². The molecule has 0 aliphatic carbocycles. The Morgan fingerprint density at radius 1 is 1.17 bits per heavy atom. The van der Waals surface area contributed by atoms with Crippen molar-refractivity contribution in [1.82, 2.24) is 9.62 Å². The van der Waals surface area contributed by atoms with Gasteiger partial charge in [-0.3, -0.25) is 4.79 Å². The minimum Gasteiger partial charge on any atom is -0.356 e. The van der Waals surface area contributed by atoms with Crippen LogP contribution in [0.5, 0.6) is 0 Å². The zero-order valence-corrected chi connectivity index (χ0v) is 18.8. The van der Waals surface area contributed by atoms with E-state index in [1.807, 2.05) is 0 Å². The van der Waals surface area contributed by atoms with E-state index in [1.165, 1.54) is 26.8 Å². The largest absolute Gasteiger partial charge is 0.356 e. The van der Waals surface area contributed by atoms with E-state index in [4.69, 9.17) is 0 Å². The number of nitrogens with one attached hydrogen (secondary N) is 1. The van der Waals surface area contributed by atoms with Crippen molar-refractivity contribution in [3.05, 3.63) is 52.9 Å². The second-order valence-corrected chi connectivity index (χ2v) is 11.0. The normalized spacial score (nSPS) is 16.2. The van der Waals surface area contributed by atoms with Gasteiger partial charge in [-0.1, -0.05) is 44.2 Å². The fourth-order valence-corrected chi connectivity index (χ4v) is 6.23. The van der Waals surface area contributed by atoms with Crippen LogP contribution in [-0.4, -0.2) is 38.3 Å². The Hall–Kier alpha value is -1.70. The predicted octanol–water partition coefficient (Wildman–Crippen LogP) is 4.02. The van der Waals surface area contributed by atoms with Crippen LogP contribution in [0.1, 0.15) is 50.2 Å². The van der Waals surface area contributed by atoms with Crippen LogP contribution in [0, 0.1) is 5.92 Å². The molecule has 0 radical (unpaired) electrons. The van der Waals surface area contributed by atoms with Gasteiger partial charge in [0.05, 0.1) is 0 Å². The molecule has 0 atom stereocenters. The highest BCUT2D eigenvalue weighted by Gasteiger charge is 2.32. The molecule has 1 aromatic carbocycles. The Bertz CT molecular complexity index is 883. The number of piperidine rings is 1. The van der Waals surface area contributed by atoms with Gasteiger partial charge in [0.25, 0.3) is 10.0 Å². The van der Waals surface area contributed by atoms with Crippen molar-refractivity contribution in [3.63, 3.8) is 0 Å². The van der Waals surface area contributed by atoms with Crippen LogP contribution in [0.4, 0.5) is 0 Å². The Morgan fingerprint density at radius 2 is 1.86 bits per heavy atom. The van der Waals surface area contributed by atoms with E-state index in [9.17, 15) is 13.2 Å². The summed E-state index contributed by atoms with van der Waals surface area (Å²) >= 11 is 1.24. The topological polar surface area (TPSA) is 66.5 Å². The molecule has 0 bridgehead atoms. The average molecular weight is 435 g/mol. The molecule has 1 saturated heterocycles. The molecule has 7 heteroatoms. The van der Waals surface area contributed by atoms with Crippen molar-refractivity contribution in [3.8, 4) is 0 Å². The van der Waals surface area contributed by atoms with Crippen LogP contribution in [0.25, 0.3) is 0 Å². The third-order valence-corrected chi connectivity index (χ3v) is 8.77. The number of hydrogen-bond acceptors (Lipinski definition) is 4. The number of amides is 1. The van der Waals surface area contributed by atoms with E-state index in [2.05, 4.69) is 43.4 Å². The first-order chi connectivity index (χ1) is 13.9. The fraction of sp³-hybridized carbons (Fsp3) is 0.500. The number of aryl methyl sites for hydroxylation is 1. The minimum atomic E-state index is -3.41. The molecule has 1 aliphatic rings. The summed E-state index contributed by atoms with van der Waals surface area (Å²) in [5.74, 6) is 0.485. The highest BCUT2D eigenvalue weighted by molar-refractivity contribution is 7.91. The minimum absolute atomic E-state index is 0.0494. The lowest BCUT2D eigenvalue weighted by atomic mass is 9.97. The van der Waals surface area contributed by atoms with Crippen LogP contribution < -0.4 is 5.32 Å². The molecule has 1 aromatic heterocycles. The maximum absolute atomic E-state index is 12.6. The first-order valence-corrected chi connectivity index (χ1v) is 12.6. The lowest BCUT2D eigenvalue weighted by molar-refractivity contribution is -0.126. The third kappa shape index (κ3) is 5.68. The molecule has 1 aliphatic heterocycles. The first-order valence-electron chi connectivity index (χ1n) is 10.3. The van der Waals surface area contributed by atoms with E-state index in [0.29, 0.717) is 42.6 Å². The molecule has 1 amide bonds. The number of thiophene rings is 1. The number of carbonyl (C=O) groups excluding carboxylic acids is 1. The zero-order chi connectivity index (χ0) is 20.9. The molecule has 1 N–H and O–H groups in total. The molecule has 0 spiro atoms. The summed E-state index contributed by atoms with van der Waals surface area (Å²) in [6.07, 6.45) is 2.99. The number of carbonyl (C=O) groups is 1. The van der Waals surface area contributed by atoms with Gasteiger partial charge in [0.15, 0.2) is 0 Å². The number of sulfonamides is 1. The molecule has 0 unspecified atom stereocenters. The van der Waals surface area contributed by atoms with Crippen LogP contribution in [-0.2, 0) is 21.2 Å². The fourth-order valence-electron chi connectivity index (χ4n) is 3.61. The van der Waals surface area contributed by atoms with Crippen LogP contribution in [0.3, 0.4) is 0 Å². The smallest absolute Gasteiger partial charge is 0.252 e. The SMILES string of the molecule is CC(C)c1ccc(CCCNC(=O)C2CCN(S(=O)(=O)c3cccs3)CC2)cc1. The lowest BCUT2D eigenvalue weighted by Gasteiger charge is -2.30. The quantitative estimate of drug-likeness (QED) is 0.638. The summed E-state index contributed by atoms with van der Waals surface area (Å²) < 4.78 is 27.0. The standard InChI is InChI=1S/C22H30N2O3S2/c1-17(2)19-9-7-18(8-10-19)5-3-13-23-22(25)20-11-14-24(15-12-20)29(26,27)21-6-4-16-28-21/h4,6-10,16-17,20H,3,5,11-15H2,1-2H3,(H,23,25). The predicted molar refractivity (Wildman–Crippen MR) is 118 cm³/mol. The molecule has 29 heavy (non-hydrogen) atoms. The second kappa shape index (κ2) is 9.87. The highest BCUT2D eigenvalue weighted by Crippen LogP contribution is 2.26. The summed E-state index contributed by atoms with van der Waals surface area (Å²) in [5.41, 5.74) is 2.63. The molecule has 3 rings (SSSR count). The van der Waals surface area contributed by atoms with Crippen molar-refractivity contribution in [2.24, 2.45) is 5.92 Å². The second-order valence-electron chi connectivity index (χ2n) is 7.90. The van der Waals surface area contributed by atoms with Gasteiger partial charge in [-0.05, 0) is 54.2 Å². The summed E-state index contributed by atoms with van der Waals surface area (Å²) in [7, 11) is -3.41. The summed E-state index contributed by atoms with van der Waals surface area (Å²) in [6, 6.07) is 12.1. The monoisotopic (exact) mass is 434 g/mol. The number of benzene rings is 1. The molecule has 2 heterocycles. The number of rotatable bonds is 8. The third-order valence-electron chi connectivity index (χ3n) is 5.50. The number of nitrogens with zero attached hydrogens (tertiary/aromatic N) is 1. The van der Waals surface area contributed by atoms with Crippen molar-refractivity contribution >= 4 is 27.3 Å². The molecule has 0 saturated carbocycles. The molecular weight excluding hydrogens is 404 g/mol. The number of hydrogen-bond donors (Lipinski definition) is 1. The van der Waals surface area contributed by atoms with Gasteiger partial charge in [0, 0.05) is 25.6 Å². The van der Waals surface area contributed by atoms with Gasteiger partial charge >= 0.3 is 0 Å². The van der Waals surface area contributed by atoms with Crippen LogP contribution in [0.2, 0.25) is 0 Å². The van der Waals surface area contributed by atoms with Crippen molar-refractivity contribution in [2.75, 3.05) is 19.6 Å². The maximum Gasteiger partial charge on any atom is 0.252 e. The van der Waals surface area contributed by atoms with Gasteiger partial charge in [-0.2, -0.15) is 4.31 Å². The van der Waals surface area contributed by atoms with Gasteiger partial charge in [0.1, 0.15) is 4.21 Å². The lowest BCUT2D eigenvalue weighted by Crippen LogP contribution is -2.43. The summed E-state index contributed by atoms with van der Waals surface area (Å²) in [6.45, 7) is 5.83. The zero-order valence-electron chi connectivity index (χ0n) is 17.1. The Kier molecular flexibility index (Phi) is 7.49.